The van der Waals surface area contributed by atoms with Gasteiger partial charge in [-0.1, -0.05) is 43.3 Å². The van der Waals surface area contributed by atoms with Crippen LogP contribution in [0.5, 0.6) is 0 Å². The molecule has 1 aromatic heterocycles. The van der Waals surface area contributed by atoms with Gasteiger partial charge in [0.1, 0.15) is 0 Å². The number of halogens is 1. The van der Waals surface area contributed by atoms with Gasteiger partial charge in [0, 0.05) is 34.2 Å². The average Bonchev–Trinajstić information content (AvgIpc) is 2.50. The van der Waals surface area contributed by atoms with E-state index in [0.717, 1.165) is 17.6 Å². The van der Waals surface area contributed by atoms with Crippen molar-refractivity contribution in [1.29, 1.82) is 0 Å². The lowest BCUT2D eigenvalue weighted by atomic mass is 9.89. The predicted octanol–water partition coefficient (Wildman–Crippen LogP) is 2.71. The van der Waals surface area contributed by atoms with Crippen molar-refractivity contribution in [2.75, 3.05) is 6.54 Å². The van der Waals surface area contributed by atoms with Gasteiger partial charge in [-0.3, -0.25) is 5.10 Å². The maximum absolute atomic E-state index is 4.09. The lowest BCUT2D eigenvalue weighted by Crippen LogP contribution is -2.19. The van der Waals surface area contributed by atoms with Gasteiger partial charge in [0.15, 0.2) is 0 Å². The zero-order valence-electron chi connectivity index (χ0n) is 9.52. The van der Waals surface area contributed by atoms with Crippen LogP contribution in [0.25, 0.3) is 0 Å². The van der Waals surface area contributed by atoms with E-state index in [9.17, 15) is 0 Å². The molecule has 0 aliphatic rings. The van der Waals surface area contributed by atoms with Gasteiger partial charge in [-0.2, -0.15) is 5.10 Å². The van der Waals surface area contributed by atoms with E-state index in [4.69, 9.17) is 0 Å². The summed E-state index contributed by atoms with van der Waals surface area (Å²) in [5.74, 6) is 0. The van der Waals surface area contributed by atoms with E-state index in [2.05, 4.69) is 58.8 Å². The third-order valence-corrected chi connectivity index (χ3v) is 2.38. The molecular weight excluding hydrogens is 254 g/mol. The molecule has 0 aliphatic carbocycles. The quantitative estimate of drug-likeness (QED) is 0.884. The van der Waals surface area contributed by atoms with Crippen LogP contribution in [0.1, 0.15) is 32.0 Å². The highest BCUT2D eigenvalue weighted by Gasteiger charge is 2.19. The number of rotatable bonds is 4. The van der Waals surface area contributed by atoms with E-state index in [-0.39, 0.29) is 5.41 Å². The maximum atomic E-state index is 4.09. The molecule has 15 heavy (non-hydrogen) atoms. The summed E-state index contributed by atoms with van der Waals surface area (Å²) in [6, 6.07) is 0. The van der Waals surface area contributed by atoms with Crippen LogP contribution in [-0.4, -0.2) is 16.7 Å². The molecule has 3 nitrogen and oxygen atoms in total. The molecule has 0 radical (unpaired) electrons. The molecule has 0 spiro atoms. The zero-order valence-corrected chi connectivity index (χ0v) is 11.1. The summed E-state index contributed by atoms with van der Waals surface area (Å²) in [7, 11) is 0. The first-order valence-corrected chi connectivity index (χ1v) is 5.77. The second-order valence-electron chi connectivity index (χ2n) is 4.64. The van der Waals surface area contributed by atoms with Gasteiger partial charge in [0.2, 0.25) is 0 Å². The van der Waals surface area contributed by atoms with Crippen molar-refractivity contribution >= 4 is 15.9 Å². The Morgan fingerprint density at radius 3 is 2.80 bits per heavy atom. The number of aromatic amines is 1. The first-order valence-electron chi connectivity index (χ1n) is 4.98. The van der Waals surface area contributed by atoms with Gasteiger partial charge in [-0.05, 0) is 0 Å². The van der Waals surface area contributed by atoms with Gasteiger partial charge >= 0.3 is 0 Å². The second-order valence-corrected chi connectivity index (χ2v) is 5.76. The van der Waals surface area contributed by atoms with Crippen molar-refractivity contribution in [2.45, 2.75) is 32.7 Å². The molecule has 1 rings (SSSR count). The van der Waals surface area contributed by atoms with Crippen molar-refractivity contribution < 1.29 is 0 Å². The van der Waals surface area contributed by atoms with E-state index in [0.29, 0.717) is 0 Å². The van der Waals surface area contributed by atoms with Crippen molar-refractivity contribution in [3.63, 3.8) is 0 Å². The molecule has 0 bridgehead atoms. The first kappa shape index (κ1) is 12.5. The van der Waals surface area contributed by atoms with Gasteiger partial charge < -0.3 is 5.32 Å². The average molecular weight is 272 g/mol. The summed E-state index contributed by atoms with van der Waals surface area (Å²) >= 11 is 3.32. The van der Waals surface area contributed by atoms with E-state index >= 15 is 0 Å². The Balaban J connectivity index is 2.62. The molecule has 1 heterocycles. The summed E-state index contributed by atoms with van der Waals surface area (Å²) in [4.78, 5) is 0. The summed E-state index contributed by atoms with van der Waals surface area (Å²) in [6.45, 7) is 11.9. The highest BCUT2D eigenvalue weighted by atomic mass is 79.9. The van der Waals surface area contributed by atoms with Crippen LogP contribution in [0.3, 0.4) is 0 Å². The molecule has 0 aromatic carbocycles. The van der Waals surface area contributed by atoms with Crippen LogP contribution in [0.15, 0.2) is 17.3 Å². The van der Waals surface area contributed by atoms with Crippen LogP contribution in [-0.2, 0) is 12.0 Å². The summed E-state index contributed by atoms with van der Waals surface area (Å²) in [6.07, 6.45) is 1.88. The molecule has 84 valence electrons. The zero-order chi connectivity index (χ0) is 11.5. The molecule has 0 aliphatic heterocycles. The fourth-order valence-electron chi connectivity index (χ4n) is 1.43. The van der Waals surface area contributed by atoms with Crippen LogP contribution < -0.4 is 5.32 Å². The number of H-pyrrole nitrogens is 1. The van der Waals surface area contributed by atoms with E-state index in [1.54, 1.807) is 0 Å². The minimum Gasteiger partial charge on any atom is -0.308 e. The SMILES string of the molecule is C=C(Br)CNCc1cn[nH]c1C(C)(C)C. The lowest BCUT2D eigenvalue weighted by molar-refractivity contribution is 0.556. The second kappa shape index (κ2) is 4.94. The van der Waals surface area contributed by atoms with Crippen LogP contribution >= 0.6 is 15.9 Å². The topological polar surface area (TPSA) is 40.7 Å². The molecule has 0 unspecified atom stereocenters. The van der Waals surface area contributed by atoms with Crippen molar-refractivity contribution in [3.05, 3.63) is 28.5 Å². The summed E-state index contributed by atoms with van der Waals surface area (Å²) in [5, 5.41) is 10.4. The van der Waals surface area contributed by atoms with Crippen LogP contribution in [0, 0.1) is 0 Å². The highest BCUT2D eigenvalue weighted by Crippen LogP contribution is 2.23. The van der Waals surface area contributed by atoms with Gasteiger partial charge in [0.25, 0.3) is 0 Å². The number of hydrogen-bond donors (Lipinski definition) is 2. The van der Waals surface area contributed by atoms with Crippen molar-refractivity contribution in [3.8, 4) is 0 Å². The third-order valence-electron chi connectivity index (χ3n) is 2.10. The highest BCUT2D eigenvalue weighted by molar-refractivity contribution is 9.11. The van der Waals surface area contributed by atoms with Crippen molar-refractivity contribution in [1.82, 2.24) is 15.5 Å². The molecule has 1 aromatic rings. The molecule has 0 saturated heterocycles. The van der Waals surface area contributed by atoms with E-state index in [1.165, 1.54) is 11.3 Å². The Morgan fingerprint density at radius 1 is 1.60 bits per heavy atom. The molecule has 2 N–H and O–H groups in total. The Bertz CT molecular complexity index is 336. The number of hydrogen-bond acceptors (Lipinski definition) is 2. The first-order chi connectivity index (χ1) is 6.91. The summed E-state index contributed by atoms with van der Waals surface area (Å²) in [5.41, 5.74) is 2.52. The van der Waals surface area contributed by atoms with Gasteiger partial charge in [-0.25, -0.2) is 0 Å². The monoisotopic (exact) mass is 271 g/mol. The Hall–Kier alpha value is -0.610. The number of nitrogens with zero attached hydrogens (tertiary/aromatic N) is 1. The predicted molar refractivity (Wildman–Crippen MR) is 67.1 cm³/mol. The van der Waals surface area contributed by atoms with E-state index in [1.807, 2.05) is 6.20 Å². The van der Waals surface area contributed by atoms with Crippen LogP contribution in [0.2, 0.25) is 0 Å². The number of nitrogens with one attached hydrogen (secondary N) is 2. The smallest absolute Gasteiger partial charge is 0.0535 e. The van der Waals surface area contributed by atoms with Crippen LogP contribution in [0.4, 0.5) is 0 Å². The Kier molecular flexibility index (Phi) is 4.11. The van der Waals surface area contributed by atoms with E-state index < -0.39 is 0 Å². The Morgan fingerprint density at radius 2 is 2.27 bits per heavy atom. The molecular formula is C11H18BrN3. The molecule has 0 fully saturated rings. The molecule has 0 saturated carbocycles. The van der Waals surface area contributed by atoms with Gasteiger partial charge in [-0.15, -0.1) is 0 Å². The fourth-order valence-corrected chi connectivity index (χ4v) is 1.63. The lowest BCUT2D eigenvalue weighted by Gasteiger charge is -2.18. The minimum absolute atomic E-state index is 0.110. The number of aromatic nitrogens is 2. The minimum atomic E-state index is 0.110. The van der Waals surface area contributed by atoms with Gasteiger partial charge in [0.05, 0.1) is 6.20 Å². The molecule has 4 heteroatoms. The molecule has 0 atom stereocenters. The maximum Gasteiger partial charge on any atom is 0.0535 e. The van der Waals surface area contributed by atoms with Crippen molar-refractivity contribution in [2.24, 2.45) is 0 Å². The third kappa shape index (κ3) is 3.80. The molecule has 0 amide bonds. The fraction of sp³-hybridized carbons (Fsp3) is 0.545. The summed E-state index contributed by atoms with van der Waals surface area (Å²) < 4.78 is 0.961. The standard InChI is InChI=1S/C11H18BrN3/c1-8(12)5-13-6-9-7-14-15-10(9)11(2,3)4/h7,13H,1,5-6H2,2-4H3,(H,14,15). The Labute approximate surface area is 99.5 Å². The normalized spacial score (nSPS) is 11.7. The largest absolute Gasteiger partial charge is 0.308 e.